The maximum atomic E-state index is 8.90. The molecule has 1 unspecified atom stereocenters. The summed E-state index contributed by atoms with van der Waals surface area (Å²) in [5.74, 6) is 0.944. The number of aromatic nitrogens is 2. The third kappa shape index (κ3) is 4.24. The number of rotatable bonds is 7. The van der Waals surface area contributed by atoms with E-state index >= 15 is 0 Å². The van der Waals surface area contributed by atoms with E-state index in [9.17, 15) is 0 Å². The van der Waals surface area contributed by atoms with Gasteiger partial charge in [-0.1, -0.05) is 18.7 Å². The first-order valence-electron chi connectivity index (χ1n) is 5.22. The molecule has 0 radical (unpaired) electrons. The number of nitrogens with one attached hydrogen (secondary N) is 1. The molecule has 86 valence electrons. The first-order valence-corrected chi connectivity index (χ1v) is 6.20. The van der Waals surface area contributed by atoms with Crippen molar-refractivity contribution in [2.75, 3.05) is 18.9 Å². The molecule has 1 rings (SSSR count). The lowest BCUT2D eigenvalue weighted by atomic mass is 10.2. The molecule has 1 aromatic rings. The molecule has 15 heavy (non-hydrogen) atoms. The highest BCUT2D eigenvalue weighted by atomic mass is 32.2. The average molecular weight is 229 g/mol. The molecule has 0 aliphatic carbocycles. The maximum Gasteiger partial charge on any atom is 0.167 e. The molecule has 0 spiro atoms. The quantitative estimate of drug-likeness (QED) is 0.681. The van der Waals surface area contributed by atoms with E-state index in [2.05, 4.69) is 17.2 Å². The Morgan fingerprint density at radius 3 is 3.00 bits per heavy atom. The van der Waals surface area contributed by atoms with Crippen LogP contribution in [0, 0.1) is 0 Å². The molecule has 0 saturated carbocycles. The topological polar surface area (TPSA) is 50.1 Å². The second-order valence-corrected chi connectivity index (χ2v) is 4.39. The standard InChI is InChI=1S/C10H19N3OS/c1-3-11-9(4-7-14)8-15-10-12-5-6-13(10)2/h5-6,9,11,14H,3-4,7-8H2,1-2H3. The molecule has 0 fully saturated rings. The normalized spacial score (nSPS) is 13.0. The van der Waals surface area contributed by atoms with Crippen LogP contribution in [0.5, 0.6) is 0 Å². The summed E-state index contributed by atoms with van der Waals surface area (Å²) in [4.78, 5) is 4.24. The van der Waals surface area contributed by atoms with Crippen LogP contribution in [-0.2, 0) is 7.05 Å². The molecule has 0 aliphatic rings. The molecule has 0 amide bonds. The molecular weight excluding hydrogens is 210 g/mol. The van der Waals surface area contributed by atoms with E-state index in [0.717, 1.165) is 23.9 Å². The number of hydrogen-bond donors (Lipinski definition) is 2. The Kier molecular flexibility index (Phi) is 5.75. The smallest absolute Gasteiger partial charge is 0.167 e. The van der Waals surface area contributed by atoms with Gasteiger partial charge >= 0.3 is 0 Å². The molecule has 1 aromatic heterocycles. The number of aryl methyl sites for hydroxylation is 1. The third-order valence-electron chi connectivity index (χ3n) is 2.16. The van der Waals surface area contributed by atoms with E-state index in [-0.39, 0.29) is 6.61 Å². The van der Waals surface area contributed by atoms with Crippen LogP contribution in [-0.4, -0.2) is 39.6 Å². The van der Waals surface area contributed by atoms with Crippen molar-refractivity contribution in [2.45, 2.75) is 24.5 Å². The summed E-state index contributed by atoms with van der Waals surface area (Å²) in [6, 6.07) is 0.363. The summed E-state index contributed by atoms with van der Waals surface area (Å²) in [7, 11) is 1.99. The van der Waals surface area contributed by atoms with Crippen LogP contribution in [0.1, 0.15) is 13.3 Å². The van der Waals surface area contributed by atoms with Crippen LogP contribution < -0.4 is 5.32 Å². The zero-order valence-corrected chi connectivity index (χ0v) is 10.1. The number of imidazole rings is 1. The van der Waals surface area contributed by atoms with Gasteiger partial charge in [0.25, 0.3) is 0 Å². The second-order valence-electron chi connectivity index (χ2n) is 3.40. The fourth-order valence-electron chi connectivity index (χ4n) is 1.35. The van der Waals surface area contributed by atoms with Crippen molar-refractivity contribution in [3.63, 3.8) is 0 Å². The Bertz CT molecular complexity index is 271. The van der Waals surface area contributed by atoms with Crippen molar-refractivity contribution < 1.29 is 5.11 Å². The summed E-state index contributed by atoms with van der Waals surface area (Å²) in [5.41, 5.74) is 0. The maximum absolute atomic E-state index is 8.90. The Balaban J connectivity index is 2.36. The zero-order chi connectivity index (χ0) is 11.1. The lowest BCUT2D eigenvalue weighted by Gasteiger charge is -2.15. The first kappa shape index (κ1) is 12.5. The lowest BCUT2D eigenvalue weighted by molar-refractivity contribution is 0.271. The molecule has 4 nitrogen and oxygen atoms in total. The fraction of sp³-hybridized carbons (Fsp3) is 0.700. The number of aliphatic hydroxyl groups is 1. The van der Waals surface area contributed by atoms with Gasteiger partial charge in [-0.15, -0.1) is 0 Å². The van der Waals surface area contributed by atoms with E-state index < -0.39 is 0 Å². The monoisotopic (exact) mass is 229 g/mol. The molecule has 0 aromatic carbocycles. The van der Waals surface area contributed by atoms with E-state index in [1.165, 1.54) is 0 Å². The summed E-state index contributed by atoms with van der Waals surface area (Å²) in [6.07, 6.45) is 4.54. The molecular formula is C10H19N3OS. The van der Waals surface area contributed by atoms with Crippen LogP contribution in [0.2, 0.25) is 0 Å². The molecule has 1 heterocycles. The van der Waals surface area contributed by atoms with Crippen molar-refractivity contribution in [2.24, 2.45) is 7.05 Å². The number of aliphatic hydroxyl groups excluding tert-OH is 1. The van der Waals surface area contributed by atoms with Gasteiger partial charge in [-0.3, -0.25) is 0 Å². The second kappa shape index (κ2) is 6.87. The molecule has 5 heteroatoms. The predicted molar refractivity (Wildman–Crippen MR) is 63.1 cm³/mol. The highest BCUT2D eigenvalue weighted by molar-refractivity contribution is 7.99. The molecule has 1 atom stereocenters. The lowest BCUT2D eigenvalue weighted by Crippen LogP contribution is -2.32. The van der Waals surface area contributed by atoms with Crippen LogP contribution in [0.25, 0.3) is 0 Å². The van der Waals surface area contributed by atoms with Crippen molar-refractivity contribution in [3.8, 4) is 0 Å². The number of nitrogens with zero attached hydrogens (tertiary/aromatic N) is 2. The Morgan fingerprint density at radius 1 is 1.67 bits per heavy atom. The Morgan fingerprint density at radius 2 is 2.47 bits per heavy atom. The van der Waals surface area contributed by atoms with Crippen LogP contribution in [0.3, 0.4) is 0 Å². The van der Waals surface area contributed by atoms with E-state index in [4.69, 9.17) is 5.11 Å². The van der Waals surface area contributed by atoms with Gasteiger partial charge in [-0.25, -0.2) is 4.98 Å². The molecule has 0 bridgehead atoms. The zero-order valence-electron chi connectivity index (χ0n) is 9.31. The number of hydrogen-bond acceptors (Lipinski definition) is 4. The molecule has 2 N–H and O–H groups in total. The van der Waals surface area contributed by atoms with Gasteiger partial charge in [0, 0.05) is 37.8 Å². The van der Waals surface area contributed by atoms with Gasteiger partial charge in [-0.2, -0.15) is 0 Å². The van der Waals surface area contributed by atoms with Crippen molar-refractivity contribution in [1.82, 2.24) is 14.9 Å². The minimum Gasteiger partial charge on any atom is -0.396 e. The molecule has 0 saturated heterocycles. The number of thioether (sulfide) groups is 1. The third-order valence-corrected chi connectivity index (χ3v) is 3.38. The van der Waals surface area contributed by atoms with Crippen molar-refractivity contribution in [3.05, 3.63) is 12.4 Å². The van der Waals surface area contributed by atoms with Gasteiger partial charge in [0.2, 0.25) is 0 Å². The minimum absolute atomic E-state index is 0.235. The fourth-order valence-corrected chi connectivity index (χ4v) is 2.39. The van der Waals surface area contributed by atoms with Crippen LogP contribution in [0.4, 0.5) is 0 Å². The highest BCUT2D eigenvalue weighted by Gasteiger charge is 2.08. The summed E-state index contributed by atoms with van der Waals surface area (Å²) in [5, 5.41) is 13.3. The van der Waals surface area contributed by atoms with Crippen molar-refractivity contribution >= 4 is 11.8 Å². The summed E-state index contributed by atoms with van der Waals surface area (Å²) in [6.45, 7) is 3.25. The predicted octanol–water partition coefficient (Wildman–Crippen LogP) is 0.873. The minimum atomic E-state index is 0.235. The van der Waals surface area contributed by atoms with Gasteiger partial charge in [0.1, 0.15) is 0 Å². The first-order chi connectivity index (χ1) is 7.27. The average Bonchev–Trinajstić information content (AvgIpc) is 2.61. The highest BCUT2D eigenvalue weighted by Crippen LogP contribution is 2.16. The summed E-state index contributed by atoms with van der Waals surface area (Å²) < 4.78 is 2.01. The van der Waals surface area contributed by atoms with Gasteiger partial charge in [-0.05, 0) is 13.0 Å². The van der Waals surface area contributed by atoms with Gasteiger partial charge < -0.3 is 15.0 Å². The van der Waals surface area contributed by atoms with Gasteiger partial charge in [0.05, 0.1) is 0 Å². The van der Waals surface area contributed by atoms with Gasteiger partial charge in [0.15, 0.2) is 5.16 Å². The largest absolute Gasteiger partial charge is 0.396 e. The van der Waals surface area contributed by atoms with E-state index in [0.29, 0.717) is 6.04 Å². The summed E-state index contributed by atoms with van der Waals surface area (Å²) >= 11 is 1.72. The van der Waals surface area contributed by atoms with Crippen molar-refractivity contribution in [1.29, 1.82) is 0 Å². The van der Waals surface area contributed by atoms with Crippen LogP contribution >= 0.6 is 11.8 Å². The Labute approximate surface area is 95.1 Å². The Hall–Kier alpha value is -0.520. The van der Waals surface area contributed by atoms with E-state index in [1.54, 1.807) is 18.0 Å². The van der Waals surface area contributed by atoms with Crippen LogP contribution in [0.15, 0.2) is 17.6 Å². The SMILES string of the molecule is CCNC(CCO)CSc1nccn1C. The van der Waals surface area contributed by atoms with E-state index in [1.807, 2.05) is 17.8 Å². The molecule has 0 aliphatic heterocycles.